The molecule has 4 nitrogen and oxygen atoms in total. The molecule has 1 saturated heterocycles. The van der Waals surface area contributed by atoms with Crippen molar-refractivity contribution in [1.82, 2.24) is 15.5 Å². The van der Waals surface area contributed by atoms with Crippen LogP contribution in [-0.2, 0) is 0 Å². The van der Waals surface area contributed by atoms with Crippen LogP contribution in [0.4, 0.5) is 0 Å². The van der Waals surface area contributed by atoms with E-state index in [0.29, 0.717) is 0 Å². The van der Waals surface area contributed by atoms with Crippen molar-refractivity contribution in [3.63, 3.8) is 0 Å². The molecule has 0 aromatic heterocycles. The number of guanidine groups is 1. The minimum Gasteiger partial charge on any atom is -0.357 e. The lowest BCUT2D eigenvalue weighted by atomic mass is 10.1. The topological polar surface area (TPSA) is 39.7 Å². The van der Waals surface area contributed by atoms with E-state index in [0.717, 1.165) is 32.1 Å². The first-order valence-corrected chi connectivity index (χ1v) is 6.72. The van der Waals surface area contributed by atoms with Crippen molar-refractivity contribution in [2.45, 2.75) is 26.2 Å². The van der Waals surface area contributed by atoms with Crippen LogP contribution in [0.1, 0.15) is 26.2 Å². The molecule has 18 heavy (non-hydrogen) atoms. The highest BCUT2D eigenvalue weighted by molar-refractivity contribution is 14.0. The standard InChI is InChI=1S/C13H26N4.HI/c1-3-8-15-13(14-4-2)16-9-12-17-10-6-5-7-11-17;/h3H,1,4-12H2,2H3,(H2,14,15,16);1H. The van der Waals surface area contributed by atoms with Crippen LogP contribution in [0.25, 0.3) is 0 Å². The molecule has 5 heteroatoms. The lowest BCUT2D eigenvalue weighted by Gasteiger charge is -2.25. The lowest BCUT2D eigenvalue weighted by molar-refractivity contribution is 0.235. The third-order valence-electron chi connectivity index (χ3n) is 2.89. The molecule has 2 N–H and O–H groups in total. The van der Waals surface area contributed by atoms with E-state index in [1.165, 1.54) is 32.4 Å². The molecule has 1 fully saturated rings. The van der Waals surface area contributed by atoms with E-state index in [2.05, 4.69) is 34.0 Å². The number of piperidine rings is 1. The van der Waals surface area contributed by atoms with Crippen LogP contribution in [0, 0.1) is 0 Å². The number of hydrogen-bond acceptors (Lipinski definition) is 2. The molecule has 1 aliphatic heterocycles. The fourth-order valence-corrected chi connectivity index (χ4v) is 2.00. The zero-order valence-corrected chi connectivity index (χ0v) is 13.8. The average Bonchev–Trinajstić information content (AvgIpc) is 2.37. The summed E-state index contributed by atoms with van der Waals surface area (Å²) in [6.07, 6.45) is 5.93. The maximum atomic E-state index is 4.55. The van der Waals surface area contributed by atoms with Crippen molar-refractivity contribution in [2.24, 2.45) is 4.99 Å². The van der Waals surface area contributed by atoms with Gasteiger partial charge in [0.15, 0.2) is 5.96 Å². The molecule has 0 aromatic carbocycles. The van der Waals surface area contributed by atoms with Gasteiger partial charge in [0.1, 0.15) is 0 Å². The Labute approximate surface area is 128 Å². The van der Waals surface area contributed by atoms with E-state index >= 15 is 0 Å². The summed E-state index contributed by atoms with van der Waals surface area (Å²) < 4.78 is 0. The van der Waals surface area contributed by atoms with Crippen molar-refractivity contribution in [1.29, 1.82) is 0 Å². The Morgan fingerprint density at radius 1 is 1.28 bits per heavy atom. The Morgan fingerprint density at radius 2 is 2.00 bits per heavy atom. The van der Waals surface area contributed by atoms with Crippen LogP contribution in [0.2, 0.25) is 0 Å². The van der Waals surface area contributed by atoms with E-state index in [4.69, 9.17) is 0 Å². The van der Waals surface area contributed by atoms with Gasteiger partial charge in [-0.25, -0.2) is 0 Å². The first kappa shape index (κ1) is 17.7. The van der Waals surface area contributed by atoms with Gasteiger partial charge in [-0.05, 0) is 32.9 Å². The van der Waals surface area contributed by atoms with E-state index < -0.39 is 0 Å². The fraction of sp³-hybridized carbons (Fsp3) is 0.769. The van der Waals surface area contributed by atoms with E-state index in [1.807, 2.05) is 6.08 Å². The SMILES string of the molecule is C=CCNC(=NCCN1CCCCC1)NCC.I. The molecule has 1 heterocycles. The summed E-state index contributed by atoms with van der Waals surface area (Å²) in [5, 5.41) is 6.44. The van der Waals surface area contributed by atoms with Crippen LogP contribution in [0.3, 0.4) is 0 Å². The fourth-order valence-electron chi connectivity index (χ4n) is 2.00. The average molecular weight is 366 g/mol. The Kier molecular flexibility index (Phi) is 11.6. The first-order valence-electron chi connectivity index (χ1n) is 6.72. The molecule has 106 valence electrons. The number of hydrogen-bond donors (Lipinski definition) is 2. The van der Waals surface area contributed by atoms with Gasteiger partial charge >= 0.3 is 0 Å². The number of likely N-dealkylation sites (tertiary alicyclic amines) is 1. The molecule has 0 aliphatic carbocycles. The lowest BCUT2D eigenvalue weighted by Crippen LogP contribution is -2.38. The Hall–Kier alpha value is -0.300. The van der Waals surface area contributed by atoms with Gasteiger partial charge in [-0.2, -0.15) is 0 Å². The molecule has 0 amide bonds. The van der Waals surface area contributed by atoms with Crippen molar-refractivity contribution < 1.29 is 0 Å². The summed E-state index contributed by atoms with van der Waals surface area (Å²) in [4.78, 5) is 7.05. The summed E-state index contributed by atoms with van der Waals surface area (Å²) >= 11 is 0. The third-order valence-corrected chi connectivity index (χ3v) is 2.89. The second-order valence-corrected chi connectivity index (χ2v) is 4.33. The molecule has 1 rings (SSSR count). The number of halogens is 1. The molecular formula is C13H27IN4. The Morgan fingerprint density at radius 3 is 2.61 bits per heavy atom. The zero-order chi connectivity index (χ0) is 12.3. The minimum absolute atomic E-state index is 0. The monoisotopic (exact) mass is 366 g/mol. The smallest absolute Gasteiger partial charge is 0.191 e. The first-order chi connectivity index (χ1) is 8.36. The van der Waals surface area contributed by atoms with E-state index in [1.54, 1.807) is 0 Å². The van der Waals surface area contributed by atoms with Gasteiger partial charge in [-0.1, -0.05) is 12.5 Å². The van der Waals surface area contributed by atoms with Gasteiger partial charge in [0.2, 0.25) is 0 Å². The highest BCUT2D eigenvalue weighted by atomic mass is 127. The number of nitrogens with one attached hydrogen (secondary N) is 2. The molecule has 0 unspecified atom stereocenters. The van der Waals surface area contributed by atoms with Crippen molar-refractivity contribution >= 4 is 29.9 Å². The number of rotatable bonds is 6. The Balaban J connectivity index is 0.00000289. The third kappa shape index (κ3) is 7.92. The highest BCUT2D eigenvalue weighted by Crippen LogP contribution is 2.07. The predicted octanol–water partition coefficient (Wildman–Crippen LogP) is 1.83. The van der Waals surface area contributed by atoms with Crippen molar-refractivity contribution in [3.8, 4) is 0 Å². The van der Waals surface area contributed by atoms with Crippen molar-refractivity contribution in [2.75, 3.05) is 39.3 Å². The molecule has 1 aliphatic rings. The van der Waals surface area contributed by atoms with Crippen LogP contribution in [0.15, 0.2) is 17.6 Å². The maximum Gasteiger partial charge on any atom is 0.191 e. The van der Waals surface area contributed by atoms with E-state index in [9.17, 15) is 0 Å². The number of nitrogens with zero attached hydrogens (tertiary/aromatic N) is 2. The minimum atomic E-state index is 0. The van der Waals surface area contributed by atoms with E-state index in [-0.39, 0.29) is 24.0 Å². The van der Waals surface area contributed by atoms with Gasteiger partial charge < -0.3 is 15.5 Å². The molecule has 0 saturated carbocycles. The quantitative estimate of drug-likeness (QED) is 0.326. The highest BCUT2D eigenvalue weighted by Gasteiger charge is 2.08. The normalized spacial score (nSPS) is 16.8. The molecule has 0 atom stereocenters. The summed E-state index contributed by atoms with van der Waals surface area (Å²) in [6, 6.07) is 0. The van der Waals surface area contributed by atoms with Crippen LogP contribution < -0.4 is 10.6 Å². The van der Waals surface area contributed by atoms with Gasteiger partial charge in [-0.3, -0.25) is 4.99 Å². The summed E-state index contributed by atoms with van der Waals surface area (Å²) in [5.41, 5.74) is 0. The molecule has 0 aromatic rings. The van der Waals surface area contributed by atoms with Crippen LogP contribution in [-0.4, -0.2) is 50.1 Å². The largest absolute Gasteiger partial charge is 0.357 e. The van der Waals surface area contributed by atoms with Gasteiger partial charge in [-0.15, -0.1) is 30.6 Å². The second kappa shape index (κ2) is 11.8. The summed E-state index contributed by atoms with van der Waals surface area (Å²) in [5.74, 6) is 0.893. The molecule has 0 spiro atoms. The molecular weight excluding hydrogens is 339 g/mol. The van der Waals surface area contributed by atoms with Gasteiger partial charge in [0, 0.05) is 19.6 Å². The predicted molar refractivity (Wildman–Crippen MR) is 89.9 cm³/mol. The maximum absolute atomic E-state index is 4.55. The Bertz CT molecular complexity index is 237. The molecule has 0 radical (unpaired) electrons. The van der Waals surface area contributed by atoms with Crippen LogP contribution in [0.5, 0.6) is 0 Å². The van der Waals surface area contributed by atoms with Crippen LogP contribution >= 0.6 is 24.0 Å². The summed E-state index contributed by atoms with van der Waals surface area (Å²) in [7, 11) is 0. The summed E-state index contributed by atoms with van der Waals surface area (Å²) in [6.45, 7) is 11.9. The van der Waals surface area contributed by atoms with Crippen molar-refractivity contribution in [3.05, 3.63) is 12.7 Å². The number of aliphatic imine (C=N–C) groups is 1. The second-order valence-electron chi connectivity index (χ2n) is 4.33. The molecule has 0 bridgehead atoms. The zero-order valence-electron chi connectivity index (χ0n) is 11.5. The van der Waals surface area contributed by atoms with Gasteiger partial charge in [0.05, 0.1) is 6.54 Å². The van der Waals surface area contributed by atoms with Gasteiger partial charge in [0.25, 0.3) is 0 Å².